The summed E-state index contributed by atoms with van der Waals surface area (Å²) in [5.74, 6) is 0.785. The Labute approximate surface area is 160 Å². The SMILES string of the molecule is Cc1ccc(-c2ccc(/C=C/C(=O)Nc3ccc([N+](=O)[O-])cc3)o2)cc1Cl. The van der Waals surface area contributed by atoms with Gasteiger partial charge in [0.1, 0.15) is 11.5 Å². The summed E-state index contributed by atoms with van der Waals surface area (Å²) in [6.07, 6.45) is 2.87. The van der Waals surface area contributed by atoms with Gasteiger partial charge in [0.25, 0.3) is 5.69 Å². The number of halogens is 1. The number of amides is 1. The van der Waals surface area contributed by atoms with Crippen LogP contribution in [0.25, 0.3) is 17.4 Å². The maximum Gasteiger partial charge on any atom is 0.269 e. The molecule has 0 spiro atoms. The van der Waals surface area contributed by atoms with E-state index in [0.717, 1.165) is 11.1 Å². The molecule has 0 fully saturated rings. The molecule has 0 aliphatic carbocycles. The average Bonchev–Trinajstić information content (AvgIpc) is 3.12. The van der Waals surface area contributed by atoms with Crippen LogP contribution in [0.4, 0.5) is 11.4 Å². The number of carbonyl (C=O) groups is 1. The van der Waals surface area contributed by atoms with Gasteiger partial charge in [0, 0.05) is 34.5 Å². The number of nitrogens with zero attached hydrogens (tertiary/aromatic N) is 1. The summed E-state index contributed by atoms with van der Waals surface area (Å²) >= 11 is 6.13. The van der Waals surface area contributed by atoms with Crippen molar-refractivity contribution in [3.05, 3.63) is 87.1 Å². The molecule has 3 rings (SSSR count). The summed E-state index contributed by atoms with van der Waals surface area (Å²) < 4.78 is 5.71. The Kier molecular flexibility index (Phi) is 5.38. The molecule has 6 nitrogen and oxygen atoms in total. The number of aryl methyl sites for hydroxylation is 1. The molecule has 0 saturated carbocycles. The van der Waals surface area contributed by atoms with Crippen LogP contribution in [0.1, 0.15) is 11.3 Å². The van der Waals surface area contributed by atoms with Crippen LogP contribution < -0.4 is 5.32 Å². The van der Waals surface area contributed by atoms with Crippen molar-refractivity contribution in [2.24, 2.45) is 0 Å². The van der Waals surface area contributed by atoms with Gasteiger partial charge in [-0.1, -0.05) is 23.7 Å². The third-order valence-corrected chi connectivity index (χ3v) is 4.23. The number of benzene rings is 2. The Bertz CT molecular complexity index is 1020. The number of hydrogen-bond acceptors (Lipinski definition) is 4. The lowest BCUT2D eigenvalue weighted by Gasteiger charge is -2.01. The molecular formula is C20H15ClN2O4. The lowest BCUT2D eigenvalue weighted by molar-refractivity contribution is -0.384. The van der Waals surface area contributed by atoms with Gasteiger partial charge in [0.15, 0.2) is 0 Å². The van der Waals surface area contributed by atoms with Gasteiger partial charge in [0.05, 0.1) is 4.92 Å². The minimum atomic E-state index is -0.499. The van der Waals surface area contributed by atoms with Crippen molar-refractivity contribution in [2.75, 3.05) is 5.32 Å². The van der Waals surface area contributed by atoms with Crippen molar-refractivity contribution < 1.29 is 14.1 Å². The maximum atomic E-state index is 12.0. The molecule has 0 saturated heterocycles. The molecule has 1 aromatic heterocycles. The van der Waals surface area contributed by atoms with Crippen molar-refractivity contribution >= 4 is 35.0 Å². The molecule has 136 valence electrons. The molecule has 0 unspecified atom stereocenters. The number of anilines is 1. The van der Waals surface area contributed by atoms with E-state index >= 15 is 0 Å². The molecule has 7 heteroatoms. The zero-order valence-corrected chi connectivity index (χ0v) is 15.1. The second-order valence-corrected chi connectivity index (χ2v) is 6.20. The van der Waals surface area contributed by atoms with Crippen molar-refractivity contribution in [1.29, 1.82) is 0 Å². The van der Waals surface area contributed by atoms with Crippen LogP contribution in [0.2, 0.25) is 5.02 Å². The topological polar surface area (TPSA) is 85.4 Å². The largest absolute Gasteiger partial charge is 0.457 e. The zero-order valence-electron chi connectivity index (χ0n) is 14.3. The molecule has 27 heavy (non-hydrogen) atoms. The molecule has 1 heterocycles. The van der Waals surface area contributed by atoms with Gasteiger partial charge in [-0.05, 0) is 48.9 Å². The second kappa shape index (κ2) is 7.88. The molecular weight excluding hydrogens is 368 g/mol. The molecule has 3 aromatic rings. The number of non-ortho nitro benzene ring substituents is 1. The van der Waals surface area contributed by atoms with Crippen molar-refractivity contribution in [2.45, 2.75) is 6.92 Å². The highest BCUT2D eigenvalue weighted by atomic mass is 35.5. The maximum absolute atomic E-state index is 12.0. The Morgan fingerprint density at radius 2 is 1.89 bits per heavy atom. The summed E-state index contributed by atoms with van der Waals surface area (Å²) in [6.45, 7) is 1.92. The number of nitro groups is 1. The van der Waals surface area contributed by atoms with Gasteiger partial charge < -0.3 is 9.73 Å². The molecule has 1 N–H and O–H groups in total. The van der Waals surface area contributed by atoms with E-state index in [4.69, 9.17) is 16.0 Å². The first-order valence-electron chi connectivity index (χ1n) is 8.02. The number of hydrogen-bond donors (Lipinski definition) is 1. The minimum Gasteiger partial charge on any atom is -0.457 e. The second-order valence-electron chi connectivity index (χ2n) is 5.79. The van der Waals surface area contributed by atoms with Crippen molar-refractivity contribution in [3.8, 4) is 11.3 Å². The molecule has 0 bridgehead atoms. The average molecular weight is 383 g/mol. The first-order chi connectivity index (χ1) is 12.9. The number of carbonyl (C=O) groups excluding carboxylic acids is 1. The van der Waals surface area contributed by atoms with E-state index in [2.05, 4.69) is 5.32 Å². The number of furan rings is 1. The van der Waals surface area contributed by atoms with E-state index in [9.17, 15) is 14.9 Å². The highest BCUT2D eigenvalue weighted by Gasteiger charge is 2.07. The Balaban J connectivity index is 1.65. The van der Waals surface area contributed by atoms with Gasteiger partial charge in [-0.25, -0.2) is 0 Å². The molecule has 0 atom stereocenters. The fourth-order valence-electron chi connectivity index (χ4n) is 2.35. The highest BCUT2D eigenvalue weighted by Crippen LogP contribution is 2.27. The molecule has 0 aliphatic rings. The van der Waals surface area contributed by atoms with Crippen molar-refractivity contribution in [3.63, 3.8) is 0 Å². The van der Waals surface area contributed by atoms with E-state index in [1.165, 1.54) is 30.3 Å². The monoisotopic (exact) mass is 382 g/mol. The summed E-state index contributed by atoms with van der Waals surface area (Å²) in [4.78, 5) is 22.1. The third kappa shape index (κ3) is 4.62. The number of nitro benzene ring substituents is 1. The van der Waals surface area contributed by atoms with Crippen LogP contribution in [0, 0.1) is 17.0 Å². The van der Waals surface area contributed by atoms with E-state index in [0.29, 0.717) is 22.2 Å². The summed E-state index contributed by atoms with van der Waals surface area (Å²) in [6, 6.07) is 14.8. The quantitative estimate of drug-likeness (QED) is 0.360. The lowest BCUT2D eigenvalue weighted by Crippen LogP contribution is -2.07. The highest BCUT2D eigenvalue weighted by molar-refractivity contribution is 6.31. The Morgan fingerprint density at radius 3 is 2.56 bits per heavy atom. The predicted molar refractivity (Wildman–Crippen MR) is 105 cm³/mol. The van der Waals surface area contributed by atoms with Crippen molar-refractivity contribution in [1.82, 2.24) is 0 Å². The van der Waals surface area contributed by atoms with Crippen LogP contribution in [-0.2, 0) is 4.79 Å². The third-order valence-electron chi connectivity index (χ3n) is 3.83. The first kappa shape index (κ1) is 18.4. The van der Waals surface area contributed by atoms with E-state index in [1.54, 1.807) is 18.2 Å². The summed E-state index contributed by atoms with van der Waals surface area (Å²) in [7, 11) is 0. The molecule has 2 aromatic carbocycles. The van der Waals surface area contributed by atoms with Crippen LogP contribution in [-0.4, -0.2) is 10.8 Å². The Hall–Kier alpha value is -3.38. The zero-order chi connectivity index (χ0) is 19.4. The van der Waals surface area contributed by atoms with Crippen LogP contribution in [0.3, 0.4) is 0 Å². The van der Waals surface area contributed by atoms with E-state index in [-0.39, 0.29) is 11.6 Å². The van der Waals surface area contributed by atoms with Gasteiger partial charge >= 0.3 is 0 Å². The summed E-state index contributed by atoms with van der Waals surface area (Å²) in [5, 5.41) is 13.9. The van der Waals surface area contributed by atoms with Gasteiger partial charge in [0.2, 0.25) is 5.91 Å². The molecule has 0 aliphatic heterocycles. The van der Waals surface area contributed by atoms with E-state index in [1.807, 2.05) is 25.1 Å². The molecule has 0 radical (unpaired) electrons. The fourth-order valence-corrected chi connectivity index (χ4v) is 2.53. The van der Waals surface area contributed by atoms with Gasteiger partial charge in [-0.3, -0.25) is 14.9 Å². The van der Waals surface area contributed by atoms with Crippen LogP contribution >= 0.6 is 11.6 Å². The van der Waals surface area contributed by atoms with Gasteiger partial charge in [-0.15, -0.1) is 0 Å². The molecule has 1 amide bonds. The first-order valence-corrected chi connectivity index (χ1v) is 8.40. The van der Waals surface area contributed by atoms with E-state index < -0.39 is 4.92 Å². The number of rotatable bonds is 5. The fraction of sp³-hybridized carbons (Fsp3) is 0.0500. The Morgan fingerprint density at radius 1 is 1.15 bits per heavy atom. The summed E-state index contributed by atoms with van der Waals surface area (Å²) in [5.41, 5.74) is 2.25. The minimum absolute atomic E-state index is 0.0390. The van der Waals surface area contributed by atoms with Crippen LogP contribution in [0.5, 0.6) is 0 Å². The van der Waals surface area contributed by atoms with Gasteiger partial charge in [-0.2, -0.15) is 0 Å². The normalized spacial score (nSPS) is 10.9. The number of nitrogens with one attached hydrogen (secondary N) is 1. The smallest absolute Gasteiger partial charge is 0.269 e. The standard InChI is InChI=1S/C20H15ClN2O4/c1-13-2-3-14(12-18(13)21)19-10-8-17(27-19)9-11-20(24)22-15-4-6-16(7-5-15)23(25)26/h2-12H,1H3,(H,22,24)/b11-9+. The predicted octanol–water partition coefficient (Wildman–Crippen LogP) is 5.47. The lowest BCUT2D eigenvalue weighted by atomic mass is 10.1. The van der Waals surface area contributed by atoms with Crippen LogP contribution in [0.15, 0.2) is 65.1 Å².